The molecule has 9 heteroatoms. The van der Waals surface area contributed by atoms with Crippen LogP contribution in [-0.4, -0.2) is 40.4 Å². The van der Waals surface area contributed by atoms with E-state index in [0.29, 0.717) is 13.1 Å². The molecule has 3 N–H and O–H groups in total. The van der Waals surface area contributed by atoms with E-state index < -0.39 is 15.9 Å². The molecule has 0 saturated heterocycles. The Morgan fingerprint density at radius 3 is 2.31 bits per heavy atom. The predicted octanol–water partition coefficient (Wildman–Crippen LogP) is 2.39. The molecular weight excluding hydrogens is 394 g/mol. The number of rotatable bonds is 9. The molecule has 2 aromatic rings. The van der Waals surface area contributed by atoms with Crippen molar-refractivity contribution in [2.75, 3.05) is 24.9 Å². The van der Waals surface area contributed by atoms with Crippen LogP contribution in [0, 0.1) is 0 Å². The average Bonchev–Trinajstić information content (AvgIpc) is 2.71. The first-order valence-electron chi connectivity index (χ1n) is 9.20. The van der Waals surface area contributed by atoms with Crippen LogP contribution in [0.25, 0.3) is 0 Å². The van der Waals surface area contributed by atoms with Crippen LogP contribution < -0.4 is 20.1 Å². The molecule has 2 aromatic carbocycles. The lowest BCUT2D eigenvalue weighted by atomic mass is 10.1. The Morgan fingerprint density at radius 1 is 0.966 bits per heavy atom. The number of hydrogen-bond donors (Lipinski definition) is 3. The summed E-state index contributed by atoms with van der Waals surface area (Å²) in [5.41, 5.74) is 0.463. The Labute approximate surface area is 170 Å². The molecule has 0 unspecified atom stereocenters. The zero-order valence-corrected chi connectivity index (χ0v) is 17.4. The summed E-state index contributed by atoms with van der Waals surface area (Å²) in [5.74, 6) is -0.558. The molecule has 0 aliphatic heterocycles. The van der Waals surface area contributed by atoms with Crippen molar-refractivity contribution < 1.29 is 22.7 Å². The van der Waals surface area contributed by atoms with E-state index in [0.717, 1.165) is 6.42 Å². The zero-order valence-electron chi connectivity index (χ0n) is 16.6. The third kappa shape index (κ3) is 5.47. The van der Waals surface area contributed by atoms with E-state index in [1.807, 2.05) is 6.92 Å². The number of carbonyl (C=O) groups excluding carboxylic acids is 2. The second-order valence-electron chi connectivity index (χ2n) is 6.13. The number of anilines is 1. The number of methoxy groups -OCH3 is 1. The van der Waals surface area contributed by atoms with Gasteiger partial charge in [0.15, 0.2) is 0 Å². The number of ether oxygens (including phenoxy) is 1. The van der Waals surface area contributed by atoms with Crippen LogP contribution in [-0.2, 0) is 10.0 Å². The molecule has 2 amide bonds. The van der Waals surface area contributed by atoms with Crippen molar-refractivity contribution in [3.8, 4) is 5.75 Å². The van der Waals surface area contributed by atoms with Gasteiger partial charge in [0.1, 0.15) is 5.75 Å². The zero-order chi connectivity index (χ0) is 21.4. The molecule has 0 radical (unpaired) electrons. The van der Waals surface area contributed by atoms with Crippen LogP contribution in [0.1, 0.15) is 41.0 Å². The first-order chi connectivity index (χ1) is 13.8. The van der Waals surface area contributed by atoms with Crippen molar-refractivity contribution in [1.82, 2.24) is 10.6 Å². The maximum atomic E-state index is 12.9. The highest BCUT2D eigenvalue weighted by molar-refractivity contribution is 7.92. The van der Waals surface area contributed by atoms with Crippen molar-refractivity contribution in [2.24, 2.45) is 0 Å². The average molecular weight is 420 g/mol. The van der Waals surface area contributed by atoms with E-state index >= 15 is 0 Å². The van der Waals surface area contributed by atoms with Gasteiger partial charge < -0.3 is 15.4 Å². The second kappa shape index (κ2) is 9.92. The van der Waals surface area contributed by atoms with Gasteiger partial charge in [-0.15, -0.1) is 0 Å². The number of nitrogens with one attached hydrogen (secondary N) is 3. The normalized spacial score (nSPS) is 10.9. The largest absolute Gasteiger partial charge is 0.496 e. The summed E-state index contributed by atoms with van der Waals surface area (Å²) in [7, 11) is -2.65. The molecule has 156 valence electrons. The van der Waals surface area contributed by atoms with Crippen molar-refractivity contribution in [3.63, 3.8) is 0 Å². The van der Waals surface area contributed by atoms with Crippen LogP contribution in [0.5, 0.6) is 5.75 Å². The quantitative estimate of drug-likeness (QED) is 0.578. The number of carbonyl (C=O) groups is 2. The van der Waals surface area contributed by atoms with Gasteiger partial charge in [0.25, 0.3) is 21.8 Å². The van der Waals surface area contributed by atoms with Crippen molar-refractivity contribution >= 4 is 27.5 Å². The Kier molecular flexibility index (Phi) is 7.60. The third-order valence-corrected chi connectivity index (χ3v) is 5.38. The molecule has 29 heavy (non-hydrogen) atoms. The Morgan fingerprint density at radius 2 is 1.66 bits per heavy atom. The standard InChI is InChI=1S/C20H25N3O5S/c1-4-12-22-19(24)15-8-6-7-9-17(15)23-29(26,27)14-10-11-18(28-3)16(13-14)20(25)21-5-2/h6-11,13,23H,4-5,12H2,1-3H3,(H,21,25)(H,22,24). The van der Waals surface area contributed by atoms with Gasteiger partial charge in [0.2, 0.25) is 0 Å². The highest BCUT2D eigenvalue weighted by Crippen LogP contribution is 2.25. The van der Waals surface area contributed by atoms with Gasteiger partial charge in [-0.3, -0.25) is 14.3 Å². The molecule has 8 nitrogen and oxygen atoms in total. The number of amides is 2. The van der Waals surface area contributed by atoms with Gasteiger partial charge >= 0.3 is 0 Å². The Balaban J connectivity index is 2.39. The lowest BCUT2D eigenvalue weighted by Gasteiger charge is -2.14. The van der Waals surface area contributed by atoms with Crippen LogP contribution >= 0.6 is 0 Å². The smallest absolute Gasteiger partial charge is 0.261 e. The first-order valence-corrected chi connectivity index (χ1v) is 10.7. The minimum Gasteiger partial charge on any atom is -0.496 e. The van der Waals surface area contributed by atoms with Crippen LogP contribution in [0.2, 0.25) is 0 Å². The van der Waals surface area contributed by atoms with E-state index in [1.165, 1.54) is 37.4 Å². The van der Waals surface area contributed by atoms with Gasteiger partial charge in [-0.25, -0.2) is 8.42 Å². The molecule has 0 atom stereocenters. The molecule has 0 aromatic heterocycles. The van der Waals surface area contributed by atoms with Crippen molar-refractivity contribution in [1.29, 1.82) is 0 Å². The fraction of sp³-hybridized carbons (Fsp3) is 0.300. The van der Waals surface area contributed by atoms with Crippen molar-refractivity contribution in [3.05, 3.63) is 53.6 Å². The molecule has 0 fully saturated rings. The monoisotopic (exact) mass is 419 g/mol. The van der Waals surface area contributed by atoms with Gasteiger partial charge in [-0.05, 0) is 43.7 Å². The third-order valence-electron chi connectivity index (χ3n) is 4.01. The lowest BCUT2D eigenvalue weighted by Crippen LogP contribution is -2.26. The Bertz CT molecular complexity index is 989. The maximum absolute atomic E-state index is 12.9. The fourth-order valence-corrected chi connectivity index (χ4v) is 3.70. The molecule has 2 rings (SSSR count). The minimum atomic E-state index is -4.05. The number of para-hydroxylation sites is 1. The minimum absolute atomic E-state index is 0.103. The molecule has 0 spiro atoms. The molecule has 0 heterocycles. The van der Waals surface area contributed by atoms with E-state index in [4.69, 9.17) is 4.74 Å². The van der Waals surface area contributed by atoms with Gasteiger partial charge in [-0.1, -0.05) is 19.1 Å². The number of hydrogen-bond acceptors (Lipinski definition) is 5. The van der Waals surface area contributed by atoms with Crippen LogP contribution in [0.4, 0.5) is 5.69 Å². The SMILES string of the molecule is CCCNC(=O)c1ccccc1NS(=O)(=O)c1ccc(OC)c(C(=O)NCC)c1. The summed E-state index contributed by atoms with van der Waals surface area (Å²) in [6, 6.07) is 10.3. The van der Waals surface area contributed by atoms with E-state index in [2.05, 4.69) is 15.4 Å². The van der Waals surface area contributed by atoms with E-state index in [1.54, 1.807) is 19.1 Å². The molecule has 0 aliphatic carbocycles. The van der Waals surface area contributed by atoms with Gasteiger partial charge in [0, 0.05) is 13.1 Å². The Hall–Kier alpha value is -3.07. The lowest BCUT2D eigenvalue weighted by molar-refractivity contribution is 0.0945. The number of sulfonamides is 1. The summed E-state index contributed by atoms with van der Waals surface area (Å²) >= 11 is 0. The fourth-order valence-electron chi connectivity index (χ4n) is 2.60. The summed E-state index contributed by atoms with van der Waals surface area (Å²) in [6.45, 7) is 4.55. The molecule has 0 saturated carbocycles. The molecular formula is C20H25N3O5S. The predicted molar refractivity (Wildman–Crippen MR) is 111 cm³/mol. The molecule has 0 aliphatic rings. The summed E-state index contributed by atoms with van der Waals surface area (Å²) < 4.78 is 33.4. The van der Waals surface area contributed by atoms with Crippen LogP contribution in [0.3, 0.4) is 0 Å². The second-order valence-corrected chi connectivity index (χ2v) is 7.81. The maximum Gasteiger partial charge on any atom is 0.261 e. The summed E-state index contributed by atoms with van der Waals surface area (Å²) in [5, 5.41) is 5.35. The van der Waals surface area contributed by atoms with Crippen molar-refractivity contribution in [2.45, 2.75) is 25.2 Å². The summed E-state index contributed by atoms with van der Waals surface area (Å²) in [4.78, 5) is 24.5. The highest BCUT2D eigenvalue weighted by Gasteiger charge is 2.22. The van der Waals surface area contributed by atoms with E-state index in [-0.39, 0.29) is 33.4 Å². The first kappa shape index (κ1) is 22.2. The summed E-state index contributed by atoms with van der Waals surface area (Å²) in [6.07, 6.45) is 0.758. The van der Waals surface area contributed by atoms with Gasteiger partial charge in [0.05, 0.1) is 28.8 Å². The van der Waals surface area contributed by atoms with E-state index in [9.17, 15) is 18.0 Å². The van der Waals surface area contributed by atoms with Gasteiger partial charge in [-0.2, -0.15) is 0 Å². The topological polar surface area (TPSA) is 114 Å². The molecule has 0 bridgehead atoms. The highest BCUT2D eigenvalue weighted by atomic mass is 32.2. The number of benzene rings is 2. The van der Waals surface area contributed by atoms with Crippen LogP contribution in [0.15, 0.2) is 47.4 Å².